The Kier molecular flexibility index (Phi) is 7.34. The van der Waals surface area contributed by atoms with Crippen LogP contribution in [0.1, 0.15) is 55.8 Å². The zero-order valence-electron chi connectivity index (χ0n) is 11.5. The van der Waals surface area contributed by atoms with Gasteiger partial charge in [-0.15, -0.1) is 0 Å². The standard InChI is InChI=1S/C15H22ClNO2/c1-2-3-4-5-6-7-10-19-12-8-9-13(15(17)18)14(16)11-12/h8-9,11H,2-7,10H2,1H3,(H2,17,18). The van der Waals surface area contributed by atoms with Crippen molar-refractivity contribution in [3.8, 4) is 5.75 Å². The highest BCUT2D eigenvalue weighted by Gasteiger charge is 2.07. The summed E-state index contributed by atoms with van der Waals surface area (Å²) in [6.45, 7) is 2.89. The average molecular weight is 284 g/mol. The summed E-state index contributed by atoms with van der Waals surface area (Å²) in [6, 6.07) is 4.96. The van der Waals surface area contributed by atoms with Crippen LogP contribution in [0.4, 0.5) is 0 Å². The molecule has 1 rings (SSSR count). The number of benzene rings is 1. The largest absolute Gasteiger partial charge is 0.494 e. The molecule has 0 radical (unpaired) electrons. The van der Waals surface area contributed by atoms with Crippen molar-refractivity contribution in [2.45, 2.75) is 45.4 Å². The van der Waals surface area contributed by atoms with Crippen LogP contribution in [0, 0.1) is 0 Å². The van der Waals surface area contributed by atoms with E-state index in [0.717, 1.165) is 6.42 Å². The van der Waals surface area contributed by atoms with Crippen LogP contribution in [0.5, 0.6) is 5.75 Å². The lowest BCUT2D eigenvalue weighted by Crippen LogP contribution is -2.11. The van der Waals surface area contributed by atoms with Gasteiger partial charge in [-0.25, -0.2) is 0 Å². The molecule has 0 fully saturated rings. The fraction of sp³-hybridized carbons (Fsp3) is 0.533. The van der Waals surface area contributed by atoms with E-state index < -0.39 is 5.91 Å². The third-order valence-corrected chi connectivity index (χ3v) is 3.29. The van der Waals surface area contributed by atoms with Gasteiger partial charge in [-0.3, -0.25) is 4.79 Å². The maximum absolute atomic E-state index is 11.0. The third-order valence-electron chi connectivity index (χ3n) is 2.97. The maximum atomic E-state index is 11.0. The van der Waals surface area contributed by atoms with Gasteiger partial charge in [0.15, 0.2) is 0 Å². The monoisotopic (exact) mass is 283 g/mol. The summed E-state index contributed by atoms with van der Waals surface area (Å²) in [5, 5.41) is 0.341. The van der Waals surface area contributed by atoms with E-state index >= 15 is 0 Å². The maximum Gasteiger partial charge on any atom is 0.250 e. The molecule has 3 nitrogen and oxygen atoms in total. The average Bonchev–Trinajstić information content (AvgIpc) is 2.37. The van der Waals surface area contributed by atoms with Crippen molar-refractivity contribution in [2.24, 2.45) is 5.73 Å². The second-order valence-electron chi connectivity index (χ2n) is 4.62. The fourth-order valence-corrected chi connectivity index (χ4v) is 2.12. The molecule has 1 aromatic carbocycles. The molecule has 0 aliphatic heterocycles. The Morgan fingerprint density at radius 2 is 1.89 bits per heavy atom. The van der Waals surface area contributed by atoms with Gasteiger partial charge in [0.25, 0.3) is 0 Å². The first-order valence-electron chi connectivity index (χ1n) is 6.87. The van der Waals surface area contributed by atoms with Crippen molar-refractivity contribution in [1.82, 2.24) is 0 Å². The summed E-state index contributed by atoms with van der Waals surface area (Å²) in [6.07, 6.45) is 7.37. The van der Waals surface area contributed by atoms with Crippen molar-refractivity contribution in [3.05, 3.63) is 28.8 Å². The quantitative estimate of drug-likeness (QED) is 0.691. The van der Waals surface area contributed by atoms with Gasteiger partial charge in [0, 0.05) is 0 Å². The molecule has 0 saturated carbocycles. The molecule has 106 valence electrons. The molecule has 0 aromatic heterocycles. The van der Waals surface area contributed by atoms with Gasteiger partial charge in [0.1, 0.15) is 5.75 Å². The Balaban J connectivity index is 2.26. The summed E-state index contributed by atoms with van der Waals surface area (Å²) < 4.78 is 5.59. The van der Waals surface area contributed by atoms with Crippen molar-refractivity contribution in [2.75, 3.05) is 6.61 Å². The van der Waals surface area contributed by atoms with Crippen LogP contribution in [0.3, 0.4) is 0 Å². The van der Waals surface area contributed by atoms with E-state index in [2.05, 4.69) is 6.92 Å². The van der Waals surface area contributed by atoms with Crippen molar-refractivity contribution >= 4 is 17.5 Å². The number of carbonyl (C=O) groups excluding carboxylic acids is 1. The van der Waals surface area contributed by atoms with Gasteiger partial charge in [0.05, 0.1) is 17.2 Å². The molecule has 0 aliphatic carbocycles. The molecule has 0 heterocycles. The van der Waals surface area contributed by atoms with Crippen LogP contribution in [0.2, 0.25) is 5.02 Å². The Morgan fingerprint density at radius 3 is 2.53 bits per heavy atom. The van der Waals surface area contributed by atoms with Gasteiger partial charge in [0.2, 0.25) is 5.91 Å². The number of primary amides is 1. The number of nitrogens with two attached hydrogens (primary N) is 1. The predicted molar refractivity (Wildman–Crippen MR) is 78.8 cm³/mol. The van der Waals surface area contributed by atoms with Gasteiger partial charge < -0.3 is 10.5 Å². The minimum atomic E-state index is -0.521. The SMILES string of the molecule is CCCCCCCCOc1ccc(C(N)=O)c(Cl)c1. The zero-order valence-corrected chi connectivity index (χ0v) is 12.2. The van der Waals surface area contributed by atoms with Crippen LogP contribution in [0.15, 0.2) is 18.2 Å². The number of hydrogen-bond donors (Lipinski definition) is 1. The van der Waals surface area contributed by atoms with E-state index in [1.165, 1.54) is 32.1 Å². The number of ether oxygens (including phenoxy) is 1. The Labute approximate surface area is 120 Å². The van der Waals surface area contributed by atoms with Crippen LogP contribution in [0.25, 0.3) is 0 Å². The van der Waals surface area contributed by atoms with E-state index in [0.29, 0.717) is 22.9 Å². The van der Waals surface area contributed by atoms with E-state index in [9.17, 15) is 4.79 Å². The van der Waals surface area contributed by atoms with E-state index in [-0.39, 0.29) is 0 Å². The van der Waals surface area contributed by atoms with Crippen LogP contribution >= 0.6 is 11.6 Å². The van der Waals surface area contributed by atoms with Crippen molar-refractivity contribution < 1.29 is 9.53 Å². The summed E-state index contributed by atoms with van der Waals surface area (Å²) in [7, 11) is 0. The first kappa shape index (κ1) is 15.8. The molecule has 0 atom stereocenters. The lowest BCUT2D eigenvalue weighted by Gasteiger charge is -2.07. The topological polar surface area (TPSA) is 52.3 Å². The molecule has 19 heavy (non-hydrogen) atoms. The number of carbonyl (C=O) groups is 1. The Morgan fingerprint density at radius 1 is 1.21 bits per heavy atom. The van der Waals surface area contributed by atoms with Gasteiger partial charge in [-0.1, -0.05) is 50.6 Å². The van der Waals surface area contributed by atoms with Crippen LogP contribution in [-0.2, 0) is 0 Å². The van der Waals surface area contributed by atoms with Gasteiger partial charge >= 0.3 is 0 Å². The second-order valence-corrected chi connectivity index (χ2v) is 5.03. The fourth-order valence-electron chi connectivity index (χ4n) is 1.86. The Bertz CT molecular complexity index is 407. The van der Waals surface area contributed by atoms with Crippen molar-refractivity contribution in [3.63, 3.8) is 0 Å². The molecule has 2 N–H and O–H groups in total. The first-order chi connectivity index (χ1) is 9.15. The first-order valence-corrected chi connectivity index (χ1v) is 7.25. The number of hydrogen-bond acceptors (Lipinski definition) is 2. The molecule has 0 saturated heterocycles. The summed E-state index contributed by atoms with van der Waals surface area (Å²) in [5.74, 6) is 0.163. The molecule has 4 heteroatoms. The predicted octanol–water partition coefficient (Wildman–Crippen LogP) is 4.18. The summed E-state index contributed by atoms with van der Waals surface area (Å²) >= 11 is 5.94. The molecule has 0 bridgehead atoms. The molecule has 0 aliphatic rings. The van der Waals surface area contributed by atoms with Crippen LogP contribution in [-0.4, -0.2) is 12.5 Å². The minimum absolute atomic E-state index is 0.327. The highest BCUT2D eigenvalue weighted by atomic mass is 35.5. The molecule has 1 aromatic rings. The number of rotatable bonds is 9. The zero-order chi connectivity index (χ0) is 14.1. The molecule has 0 spiro atoms. The summed E-state index contributed by atoms with van der Waals surface area (Å²) in [5.41, 5.74) is 5.51. The number of unbranched alkanes of at least 4 members (excludes halogenated alkanes) is 5. The van der Waals surface area contributed by atoms with E-state index in [4.69, 9.17) is 22.1 Å². The minimum Gasteiger partial charge on any atom is -0.494 e. The van der Waals surface area contributed by atoms with E-state index in [1.54, 1.807) is 18.2 Å². The van der Waals surface area contributed by atoms with Gasteiger partial charge in [-0.2, -0.15) is 0 Å². The summed E-state index contributed by atoms with van der Waals surface area (Å²) in [4.78, 5) is 11.0. The molecular weight excluding hydrogens is 262 g/mol. The highest BCUT2D eigenvalue weighted by Crippen LogP contribution is 2.22. The number of amides is 1. The highest BCUT2D eigenvalue weighted by molar-refractivity contribution is 6.33. The number of halogens is 1. The van der Waals surface area contributed by atoms with Crippen LogP contribution < -0.4 is 10.5 Å². The smallest absolute Gasteiger partial charge is 0.250 e. The van der Waals surface area contributed by atoms with E-state index in [1.807, 2.05) is 0 Å². The van der Waals surface area contributed by atoms with Gasteiger partial charge in [-0.05, 0) is 24.6 Å². The molecule has 0 unspecified atom stereocenters. The lowest BCUT2D eigenvalue weighted by atomic mass is 10.1. The molecular formula is C15H22ClNO2. The molecule has 1 amide bonds. The van der Waals surface area contributed by atoms with Crippen molar-refractivity contribution in [1.29, 1.82) is 0 Å². The third kappa shape index (κ3) is 5.97. The lowest BCUT2D eigenvalue weighted by molar-refractivity contribution is 0.100. The Hall–Kier alpha value is -1.22. The normalized spacial score (nSPS) is 10.4. The second kappa shape index (κ2) is 8.81.